The van der Waals surface area contributed by atoms with E-state index in [1.54, 1.807) is 10.4 Å². The monoisotopic (exact) mass is 450 g/mol. The molecule has 0 aliphatic heterocycles. The van der Waals surface area contributed by atoms with Crippen molar-refractivity contribution in [2.45, 2.75) is 61.3 Å². The van der Waals surface area contributed by atoms with Gasteiger partial charge in [-0.3, -0.25) is 0 Å². The van der Waals surface area contributed by atoms with E-state index in [0.717, 1.165) is 12.8 Å². The smallest absolute Gasteiger partial charge is 0.0636 e. The molecule has 3 aromatic rings. The summed E-state index contributed by atoms with van der Waals surface area (Å²) in [6.07, 6.45) is 2.13. The Hall–Kier alpha value is -2.64. The molecular weight excluding hydrogens is 412 g/mol. The maximum atomic E-state index is 2.54. The van der Waals surface area contributed by atoms with Gasteiger partial charge in [-0.2, -0.15) is 0 Å². The van der Waals surface area contributed by atoms with Crippen molar-refractivity contribution in [3.8, 4) is 0 Å². The van der Waals surface area contributed by atoms with Crippen molar-refractivity contribution >= 4 is 23.6 Å². The van der Waals surface area contributed by atoms with Crippen molar-refractivity contribution in [1.29, 1.82) is 0 Å². The van der Waals surface area contributed by atoms with Gasteiger partial charge in [-0.15, -0.1) is 0 Å². The number of hydrogen-bond acceptors (Lipinski definition) is 0. The molecule has 0 heterocycles. The number of benzene rings is 3. The molecule has 4 rings (SSSR count). The summed E-state index contributed by atoms with van der Waals surface area (Å²) in [5, 5.41) is 6.21. The second kappa shape index (κ2) is 9.31. The summed E-state index contributed by atoms with van der Waals surface area (Å²) in [4.78, 5) is 0. The van der Waals surface area contributed by atoms with Crippen LogP contribution in [0.25, 0.3) is 0 Å². The lowest BCUT2D eigenvalue weighted by Gasteiger charge is -2.39. The van der Waals surface area contributed by atoms with Gasteiger partial charge in [0.15, 0.2) is 8.07 Å². The van der Waals surface area contributed by atoms with E-state index in [4.69, 9.17) is 0 Å². The van der Waals surface area contributed by atoms with Crippen LogP contribution in [0.1, 0.15) is 58.2 Å². The van der Waals surface area contributed by atoms with Gasteiger partial charge in [0.2, 0.25) is 0 Å². The molecule has 0 bridgehead atoms. The maximum absolute atomic E-state index is 2.54. The largest absolute Gasteiger partial charge is 0.176 e. The molecule has 0 saturated heterocycles. The molecule has 1 aliphatic rings. The average molecular weight is 451 g/mol. The van der Waals surface area contributed by atoms with E-state index >= 15 is 0 Å². The van der Waals surface area contributed by atoms with Crippen LogP contribution in [0.5, 0.6) is 0 Å². The fourth-order valence-electron chi connectivity index (χ4n) is 5.89. The van der Waals surface area contributed by atoms with Gasteiger partial charge < -0.3 is 0 Å². The van der Waals surface area contributed by atoms with E-state index in [0.29, 0.717) is 5.92 Å². The van der Waals surface area contributed by atoms with Crippen LogP contribution < -0.4 is 15.6 Å². The molecule has 2 unspecified atom stereocenters. The summed E-state index contributed by atoms with van der Waals surface area (Å²) in [6.45, 7) is 16.3. The molecule has 0 nitrogen and oxygen atoms in total. The lowest BCUT2D eigenvalue weighted by molar-refractivity contribution is 0.851. The standard InChI is InChI=1S/C32H38Si/c1-8-27-19-28(9-2)21-31(20-27)33(29-15-11-10-12-16-29,30-17-13-14-22(3)18-30)32-25(6)23(4)24(5)26(32)7/h10-21,25H,8-9H2,1-7H3. The predicted octanol–water partition coefficient (Wildman–Crippen LogP) is 6.43. The van der Waals surface area contributed by atoms with Gasteiger partial charge in [0.1, 0.15) is 0 Å². The highest BCUT2D eigenvalue weighted by atomic mass is 28.3. The third kappa shape index (κ3) is 3.87. The Morgan fingerprint density at radius 1 is 0.636 bits per heavy atom. The van der Waals surface area contributed by atoms with Crippen molar-refractivity contribution in [2.75, 3.05) is 0 Å². The van der Waals surface area contributed by atoms with Crippen molar-refractivity contribution in [3.05, 3.63) is 111 Å². The van der Waals surface area contributed by atoms with Crippen LogP contribution in [0.2, 0.25) is 0 Å². The van der Waals surface area contributed by atoms with Crippen LogP contribution in [0.15, 0.2) is 94.7 Å². The molecule has 0 radical (unpaired) electrons. The van der Waals surface area contributed by atoms with Gasteiger partial charge in [0, 0.05) is 0 Å². The topological polar surface area (TPSA) is 0 Å². The molecule has 170 valence electrons. The van der Waals surface area contributed by atoms with Crippen molar-refractivity contribution in [2.24, 2.45) is 5.92 Å². The van der Waals surface area contributed by atoms with Crippen molar-refractivity contribution in [3.63, 3.8) is 0 Å². The first-order chi connectivity index (χ1) is 15.8. The van der Waals surface area contributed by atoms with Crippen molar-refractivity contribution < 1.29 is 0 Å². The molecular formula is C32H38Si. The van der Waals surface area contributed by atoms with Gasteiger partial charge in [-0.05, 0) is 78.7 Å². The van der Waals surface area contributed by atoms with Gasteiger partial charge in [0.05, 0.1) is 0 Å². The summed E-state index contributed by atoms with van der Waals surface area (Å²) in [7, 11) is -2.49. The van der Waals surface area contributed by atoms with Gasteiger partial charge in [-0.1, -0.05) is 115 Å². The van der Waals surface area contributed by atoms with Gasteiger partial charge >= 0.3 is 0 Å². The second-order valence-corrected chi connectivity index (χ2v) is 13.6. The van der Waals surface area contributed by atoms with Crippen LogP contribution in [0, 0.1) is 12.8 Å². The zero-order valence-corrected chi connectivity index (χ0v) is 22.4. The molecule has 0 spiro atoms. The van der Waals surface area contributed by atoms with Crippen LogP contribution in [0.4, 0.5) is 0 Å². The quantitative estimate of drug-likeness (QED) is 0.300. The third-order valence-corrected chi connectivity index (χ3v) is 13.2. The average Bonchev–Trinajstić information content (AvgIpc) is 3.03. The molecule has 0 fully saturated rings. The third-order valence-electron chi connectivity index (χ3n) is 8.00. The Balaban J connectivity index is 2.21. The highest BCUT2D eigenvalue weighted by Gasteiger charge is 2.48. The minimum absolute atomic E-state index is 0.452. The summed E-state index contributed by atoms with van der Waals surface area (Å²) in [5.74, 6) is 0.452. The van der Waals surface area contributed by atoms with E-state index in [2.05, 4.69) is 121 Å². The van der Waals surface area contributed by atoms with E-state index in [9.17, 15) is 0 Å². The zero-order chi connectivity index (χ0) is 23.8. The molecule has 1 aliphatic carbocycles. The molecule has 0 N–H and O–H groups in total. The van der Waals surface area contributed by atoms with E-state index < -0.39 is 8.07 Å². The van der Waals surface area contributed by atoms with Gasteiger partial charge in [-0.25, -0.2) is 0 Å². The molecule has 0 saturated carbocycles. The molecule has 0 aromatic heterocycles. The molecule has 1 heteroatoms. The van der Waals surface area contributed by atoms with Crippen LogP contribution in [0.3, 0.4) is 0 Å². The van der Waals surface area contributed by atoms with Crippen LogP contribution in [-0.4, -0.2) is 8.07 Å². The highest BCUT2D eigenvalue weighted by molar-refractivity contribution is 7.16. The van der Waals surface area contributed by atoms with E-state index in [-0.39, 0.29) is 0 Å². The molecule has 0 amide bonds. The second-order valence-electron chi connectivity index (χ2n) is 9.80. The Morgan fingerprint density at radius 3 is 1.76 bits per heavy atom. The fraction of sp³-hybridized carbons (Fsp3) is 0.312. The molecule has 3 aromatic carbocycles. The minimum Gasteiger partial charge on any atom is -0.0636 e. The fourth-order valence-corrected chi connectivity index (χ4v) is 11.7. The van der Waals surface area contributed by atoms with Crippen molar-refractivity contribution in [1.82, 2.24) is 0 Å². The van der Waals surface area contributed by atoms with Crippen LogP contribution in [-0.2, 0) is 12.8 Å². The normalized spacial score (nSPS) is 18.1. The van der Waals surface area contributed by atoms with Gasteiger partial charge in [0.25, 0.3) is 0 Å². The highest BCUT2D eigenvalue weighted by Crippen LogP contribution is 2.41. The Bertz CT molecular complexity index is 1210. The Morgan fingerprint density at radius 2 is 1.24 bits per heavy atom. The summed E-state index contributed by atoms with van der Waals surface area (Å²) in [6, 6.07) is 28.3. The number of allylic oxidation sites excluding steroid dienone is 4. The first kappa shape index (κ1) is 23.5. The summed E-state index contributed by atoms with van der Waals surface area (Å²) < 4.78 is 0. The first-order valence-electron chi connectivity index (χ1n) is 12.5. The van der Waals surface area contributed by atoms with Crippen LogP contribution >= 0.6 is 0 Å². The lowest BCUT2D eigenvalue weighted by atomic mass is 10.1. The first-order valence-corrected chi connectivity index (χ1v) is 14.5. The predicted molar refractivity (Wildman–Crippen MR) is 148 cm³/mol. The number of aryl methyl sites for hydroxylation is 3. The number of rotatable bonds is 6. The molecule has 33 heavy (non-hydrogen) atoms. The Labute approximate surface area is 202 Å². The molecule has 2 atom stereocenters. The Kier molecular flexibility index (Phi) is 6.63. The summed E-state index contributed by atoms with van der Waals surface area (Å²) >= 11 is 0. The minimum atomic E-state index is -2.49. The van der Waals surface area contributed by atoms with E-state index in [1.807, 2.05) is 0 Å². The maximum Gasteiger partial charge on any atom is 0.176 e. The zero-order valence-electron chi connectivity index (χ0n) is 21.4. The SMILES string of the molecule is CCc1cc(CC)cc([Si](C2=C(C)C(C)=C(C)C2C)(c2ccccc2)c2cccc(C)c2)c1. The summed E-state index contributed by atoms with van der Waals surface area (Å²) in [5.41, 5.74) is 8.78. The number of hydrogen-bond donors (Lipinski definition) is 0. The lowest BCUT2D eigenvalue weighted by Crippen LogP contribution is -2.69. The van der Waals surface area contributed by atoms with E-state index in [1.165, 1.54) is 43.8 Å².